The van der Waals surface area contributed by atoms with Gasteiger partial charge in [0.25, 0.3) is 5.56 Å². The van der Waals surface area contributed by atoms with Gasteiger partial charge in [-0.1, -0.05) is 18.2 Å². The molecule has 2 rings (SSSR count). The minimum Gasteiger partial charge on any atom is -0.494 e. The molecule has 0 saturated carbocycles. The van der Waals surface area contributed by atoms with Crippen molar-refractivity contribution in [3.8, 4) is 5.75 Å². The maximum atomic E-state index is 11.8. The van der Waals surface area contributed by atoms with Crippen LogP contribution in [0.1, 0.15) is 17.5 Å². The lowest BCUT2D eigenvalue weighted by atomic mass is 10.2. The minimum absolute atomic E-state index is 0.0815. The Morgan fingerprint density at radius 2 is 2.00 bits per heavy atom. The van der Waals surface area contributed by atoms with Crippen molar-refractivity contribution in [2.45, 2.75) is 26.8 Å². The Kier molecular flexibility index (Phi) is 4.39. The van der Waals surface area contributed by atoms with Crippen molar-refractivity contribution in [1.29, 1.82) is 0 Å². The van der Waals surface area contributed by atoms with Crippen LogP contribution in [0.4, 0.5) is 0 Å². The van der Waals surface area contributed by atoms with Crippen molar-refractivity contribution in [1.82, 2.24) is 4.57 Å². The van der Waals surface area contributed by atoms with Crippen LogP contribution in [-0.4, -0.2) is 11.2 Å². The largest absolute Gasteiger partial charge is 0.494 e. The molecular weight excluding hydrogens is 238 g/mol. The number of nitrogens with zero attached hydrogens (tertiary/aromatic N) is 1. The Labute approximate surface area is 113 Å². The van der Waals surface area contributed by atoms with Gasteiger partial charge in [0, 0.05) is 18.3 Å². The molecule has 0 aliphatic rings. The number of pyridine rings is 1. The number of ether oxygens (including phenoxy) is 1. The highest BCUT2D eigenvalue weighted by atomic mass is 16.5. The third-order valence-electron chi connectivity index (χ3n) is 3.01. The normalized spacial score (nSPS) is 10.4. The lowest BCUT2D eigenvalue weighted by molar-refractivity contribution is 0.300. The van der Waals surface area contributed by atoms with Gasteiger partial charge in [-0.15, -0.1) is 0 Å². The van der Waals surface area contributed by atoms with E-state index in [0.717, 1.165) is 17.7 Å². The SMILES string of the molecule is Cc1cccc(OCCCn2cccc(C)c2=O)c1. The smallest absolute Gasteiger partial charge is 0.253 e. The van der Waals surface area contributed by atoms with Crippen molar-refractivity contribution in [2.75, 3.05) is 6.61 Å². The molecular formula is C16H19NO2. The van der Waals surface area contributed by atoms with Crippen LogP contribution in [0.2, 0.25) is 0 Å². The third-order valence-corrected chi connectivity index (χ3v) is 3.01. The fourth-order valence-electron chi connectivity index (χ4n) is 1.96. The molecule has 100 valence electrons. The number of rotatable bonds is 5. The summed E-state index contributed by atoms with van der Waals surface area (Å²) < 4.78 is 7.39. The summed E-state index contributed by atoms with van der Waals surface area (Å²) in [5, 5.41) is 0. The first-order chi connectivity index (χ1) is 9.16. The lowest BCUT2D eigenvalue weighted by Crippen LogP contribution is -2.22. The Balaban J connectivity index is 1.84. The molecule has 19 heavy (non-hydrogen) atoms. The van der Waals surface area contributed by atoms with E-state index in [4.69, 9.17) is 4.74 Å². The Morgan fingerprint density at radius 3 is 2.79 bits per heavy atom. The van der Waals surface area contributed by atoms with Crippen LogP contribution in [0.3, 0.4) is 0 Å². The van der Waals surface area contributed by atoms with Crippen LogP contribution >= 0.6 is 0 Å². The van der Waals surface area contributed by atoms with Gasteiger partial charge in [-0.3, -0.25) is 4.79 Å². The van der Waals surface area contributed by atoms with Gasteiger partial charge >= 0.3 is 0 Å². The Hall–Kier alpha value is -2.03. The van der Waals surface area contributed by atoms with Crippen LogP contribution < -0.4 is 10.3 Å². The van der Waals surface area contributed by atoms with E-state index in [1.807, 2.05) is 56.4 Å². The van der Waals surface area contributed by atoms with Gasteiger partial charge in [-0.05, 0) is 44.0 Å². The van der Waals surface area contributed by atoms with E-state index in [0.29, 0.717) is 13.2 Å². The van der Waals surface area contributed by atoms with Crippen molar-refractivity contribution in [3.63, 3.8) is 0 Å². The van der Waals surface area contributed by atoms with Crippen molar-refractivity contribution in [3.05, 3.63) is 64.1 Å². The molecule has 0 N–H and O–H groups in total. The standard InChI is InChI=1S/C16H19NO2/c1-13-6-3-8-15(12-13)19-11-5-10-17-9-4-7-14(2)16(17)18/h3-4,6-9,12H,5,10-11H2,1-2H3. The lowest BCUT2D eigenvalue weighted by Gasteiger charge is -2.08. The summed E-state index contributed by atoms with van der Waals surface area (Å²) in [5.41, 5.74) is 2.05. The molecule has 0 unspecified atom stereocenters. The maximum Gasteiger partial charge on any atom is 0.253 e. The topological polar surface area (TPSA) is 31.2 Å². The highest BCUT2D eigenvalue weighted by Crippen LogP contribution is 2.12. The van der Waals surface area contributed by atoms with Crippen LogP contribution in [0.5, 0.6) is 5.75 Å². The molecule has 0 fully saturated rings. The second-order valence-corrected chi connectivity index (χ2v) is 4.71. The minimum atomic E-state index is 0.0815. The molecule has 0 radical (unpaired) electrons. The number of benzene rings is 1. The predicted molar refractivity (Wildman–Crippen MR) is 76.7 cm³/mol. The van der Waals surface area contributed by atoms with E-state index in [2.05, 4.69) is 0 Å². The zero-order valence-corrected chi connectivity index (χ0v) is 11.4. The summed E-state index contributed by atoms with van der Waals surface area (Å²) in [6, 6.07) is 11.7. The fourth-order valence-corrected chi connectivity index (χ4v) is 1.96. The second kappa shape index (κ2) is 6.23. The Morgan fingerprint density at radius 1 is 1.16 bits per heavy atom. The van der Waals surface area contributed by atoms with E-state index in [-0.39, 0.29) is 5.56 Å². The number of aryl methyl sites for hydroxylation is 3. The van der Waals surface area contributed by atoms with Crippen molar-refractivity contribution >= 4 is 0 Å². The molecule has 0 spiro atoms. The third kappa shape index (κ3) is 3.71. The zero-order valence-electron chi connectivity index (χ0n) is 11.4. The summed E-state index contributed by atoms with van der Waals surface area (Å²) in [4.78, 5) is 11.8. The van der Waals surface area contributed by atoms with E-state index in [1.54, 1.807) is 4.57 Å². The predicted octanol–water partition coefficient (Wildman–Crippen LogP) is 2.93. The molecule has 1 heterocycles. The first-order valence-electron chi connectivity index (χ1n) is 6.52. The molecule has 3 heteroatoms. The Bertz CT molecular complexity index is 602. The maximum absolute atomic E-state index is 11.8. The summed E-state index contributed by atoms with van der Waals surface area (Å²) in [6.07, 6.45) is 2.64. The van der Waals surface area contributed by atoms with Gasteiger partial charge in [0.15, 0.2) is 0 Å². The first-order valence-corrected chi connectivity index (χ1v) is 6.52. The molecule has 1 aromatic heterocycles. The molecule has 3 nitrogen and oxygen atoms in total. The van der Waals surface area contributed by atoms with Gasteiger partial charge < -0.3 is 9.30 Å². The van der Waals surface area contributed by atoms with Gasteiger partial charge in [0.05, 0.1) is 6.61 Å². The number of aromatic nitrogens is 1. The number of hydrogen-bond donors (Lipinski definition) is 0. The molecule has 2 aromatic rings. The van der Waals surface area contributed by atoms with Crippen molar-refractivity contribution in [2.24, 2.45) is 0 Å². The quantitative estimate of drug-likeness (QED) is 0.771. The van der Waals surface area contributed by atoms with Gasteiger partial charge in [-0.25, -0.2) is 0 Å². The first kappa shape index (κ1) is 13.4. The summed E-state index contributed by atoms with van der Waals surface area (Å²) in [7, 11) is 0. The highest BCUT2D eigenvalue weighted by molar-refractivity contribution is 5.27. The van der Waals surface area contributed by atoms with Gasteiger partial charge in [-0.2, -0.15) is 0 Å². The van der Waals surface area contributed by atoms with E-state index in [1.165, 1.54) is 5.56 Å². The van der Waals surface area contributed by atoms with Crippen LogP contribution in [0.15, 0.2) is 47.4 Å². The summed E-state index contributed by atoms with van der Waals surface area (Å²) in [5.74, 6) is 0.886. The summed E-state index contributed by atoms with van der Waals surface area (Å²) in [6.45, 7) is 5.18. The average molecular weight is 257 g/mol. The molecule has 0 bridgehead atoms. The second-order valence-electron chi connectivity index (χ2n) is 4.71. The molecule has 0 aliphatic heterocycles. The van der Waals surface area contributed by atoms with Crippen LogP contribution in [0.25, 0.3) is 0 Å². The summed E-state index contributed by atoms with van der Waals surface area (Å²) >= 11 is 0. The van der Waals surface area contributed by atoms with E-state index >= 15 is 0 Å². The fraction of sp³-hybridized carbons (Fsp3) is 0.312. The van der Waals surface area contributed by atoms with E-state index < -0.39 is 0 Å². The van der Waals surface area contributed by atoms with Crippen molar-refractivity contribution < 1.29 is 4.74 Å². The molecule has 1 aromatic carbocycles. The van der Waals surface area contributed by atoms with E-state index in [9.17, 15) is 4.79 Å². The van der Waals surface area contributed by atoms with Crippen LogP contribution in [-0.2, 0) is 6.54 Å². The zero-order chi connectivity index (χ0) is 13.7. The molecule has 0 saturated heterocycles. The number of hydrogen-bond acceptors (Lipinski definition) is 2. The molecule has 0 atom stereocenters. The van der Waals surface area contributed by atoms with Gasteiger partial charge in [0.2, 0.25) is 0 Å². The molecule has 0 aliphatic carbocycles. The van der Waals surface area contributed by atoms with Gasteiger partial charge in [0.1, 0.15) is 5.75 Å². The molecule has 0 amide bonds. The average Bonchev–Trinajstić information content (AvgIpc) is 2.39. The highest BCUT2D eigenvalue weighted by Gasteiger charge is 1.99. The van der Waals surface area contributed by atoms with Crippen LogP contribution in [0, 0.1) is 13.8 Å². The monoisotopic (exact) mass is 257 g/mol.